The average molecular weight is 393 g/mol. The highest BCUT2D eigenvalue weighted by atomic mass is 16.6. The van der Waals surface area contributed by atoms with Crippen LogP contribution in [-0.2, 0) is 4.74 Å². The summed E-state index contributed by atoms with van der Waals surface area (Å²) in [4.78, 5) is 18.9. The van der Waals surface area contributed by atoms with Crippen molar-refractivity contribution in [3.63, 3.8) is 0 Å². The van der Waals surface area contributed by atoms with E-state index in [4.69, 9.17) is 9.84 Å². The van der Waals surface area contributed by atoms with Crippen LogP contribution in [0.15, 0.2) is 42.6 Å². The van der Waals surface area contributed by atoms with Crippen molar-refractivity contribution in [2.45, 2.75) is 52.1 Å². The van der Waals surface area contributed by atoms with Crippen LogP contribution in [0, 0.1) is 6.92 Å². The minimum absolute atomic E-state index is 0.201. The number of benzene rings is 1. The van der Waals surface area contributed by atoms with Gasteiger partial charge in [0.05, 0.1) is 11.4 Å². The predicted molar refractivity (Wildman–Crippen MR) is 113 cm³/mol. The maximum Gasteiger partial charge on any atom is 0.410 e. The first-order chi connectivity index (χ1) is 13.8. The fraction of sp³-hybridized carbons (Fsp3) is 0.435. The number of amides is 1. The Morgan fingerprint density at radius 1 is 1.21 bits per heavy atom. The van der Waals surface area contributed by atoms with Gasteiger partial charge < -0.3 is 9.64 Å². The van der Waals surface area contributed by atoms with E-state index in [1.54, 1.807) is 0 Å². The molecule has 1 unspecified atom stereocenters. The van der Waals surface area contributed by atoms with Gasteiger partial charge in [-0.3, -0.25) is 0 Å². The summed E-state index contributed by atoms with van der Waals surface area (Å²) in [5.41, 5.74) is 4.62. The van der Waals surface area contributed by atoms with Crippen molar-refractivity contribution in [1.29, 1.82) is 0 Å². The number of aromatic nitrogens is 3. The van der Waals surface area contributed by atoms with Crippen molar-refractivity contribution in [1.82, 2.24) is 19.5 Å². The number of carbonyl (C=O) groups excluding carboxylic acids is 1. The van der Waals surface area contributed by atoms with Crippen LogP contribution in [0.1, 0.15) is 50.8 Å². The van der Waals surface area contributed by atoms with Crippen molar-refractivity contribution in [3.8, 4) is 11.3 Å². The molecule has 4 rings (SSSR count). The second kappa shape index (κ2) is 7.50. The summed E-state index contributed by atoms with van der Waals surface area (Å²) in [5.74, 6) is 0.201. The molecule has 1 aliphatic heterocycles. The third-order valence-electron chi connectivity index (χ3n) is 5.19. The molecule has 1 aliphatic rings. The van der Waals surface area contributed by atoms with Gasteiger partial charge in [-0.2, -0.15) is 5.10 Å². The largest absolute Gasteiger partial charge is 0.444 e. The van der Waals surface area contributed by atoms with Gasteiger partial charge in [-0.05, 0) is 52.7 Å². The first kappa shape index (κ1) is 19.4. The summed E-state index contributed by atoms with van der Waals surface area (Å²) in [6, 6.07) is 12.4. The number of fused-ring (bicyclic) bond motifs is 1. The van der Waals surface area contributed by atoms with E-state index >= 15 is 0 Å². The molecule has 29 heavy (non-hydrogen) atoms. The number of piperidine rings is 1. The quantitative estimate of drug-likeness (QED) is 0.627. The molecule has 152 valence electrons. The van der Waals surface area contributed by atoms with Crippen molar-refractivity contribution in [2.75, 3.05) is 13.1 Å². The minimum Gasteiger partial charge on any atom is -0.444 e. The van der Waals surface area contributed by atoms with E-state index in [0.717, 1.165) is 42.0 Å². The van der Waals surface area contributed by atoms with Gasteiger partial charge in [0.1, 0.15) is 5.60 Å². The van der Waals surface area contributed by atoms with E-state index < -0.39 is 5.60 Å². The van der Waals surface area contributed by atoms with Crippen LogP contribution < -0.4 is 0 Å². The number of carbonyl (C=O) groups is 1. The number of aryl methyl sites for hydroxylation is 1. The molecule has 1 saturated heterocycles. The highest BCUT2D eigenvalue weighted by molar-refractivity contribution is 5.68. The SMILES string of the molecule is Cc1cccc(-c2cc3nccc(C4CCCN(C(=O)OC(C)(C)C)C4)n3n2)c1. The number of ether oxygens (including phenoxy) is 1. The molecule has 3 heterocycles. The van der Waals surface area contributed by atoms with E-state index in [1.807, 2.05) is 54.6 Å². The number of likely N-dealkylation sites (tertiary alicyclic amines) is 1. The van der Waals surface area contributed by atoms with E-state index in [2.05, 4.69) is 30.1 Å². The zero-order valence-corrected chi connectivity index (χ0v) is 17.6. The number of rotatable bonds is 2. The topological polar surface area (TPSA) is 59.7 Å². The normalized spacial score (nSPS) is 17.5. The maximum absolute atomic E-state index is 12.5. The van der Waals surface area contributed by atoms with Crippen molar-refractivity contribution >= 4 is 11.7 Å². The van der Waals surface area contributed by atoms with Gasteiger partial charge in [-0.1, -0.05) is 23.8 Å². The van der Waals surface area contributed by atoms with Gasteiger partial charge in [0, 0.05) is 36.8 Å². The van der Waals surface area contributed by atoms with Crippen molar-refractivity contribution in [3.05, 3.63) is 53.9 Å². The monoisotopic (exact) mass is 392 g/mol. The number of hydrogen-bond donors (Lipinski definition) is 0. The molecule has 0 radical (unpaired) electrons. The predicted octanol–water partition coefficient (Wildman–Crippen LogP) is 4.82. The lowest BCUT2D eigenvalue weighted by Crippen LogP contribution is -2.42. The van der Waals surface area contributed by atoms with Gasteiger partial charge in [-0.25, -0.2) is 14.3 Å². The van der Waals surface area contributed by atoms with Crippen LogP contribution in [0.4, 0.5) is 4.79 Å². The zero-order valence-electron chi connectivity index (χ0n) is 17.6. The summed E-state index contributed by atoms with van der Waals surface area (Å²) < 4.78 is 7.51. The van der Waals surface area contributed by atoms with Gasteiger partial charge in [0.2, 0.25) is 0 Å². The molecule has 1 fully saturated rings. The molecule has 6 nitrogen and oxygen atoms in total. The van der Waals surface area contributed by atoms with Crippen LogP contribution in [0.5, 0.6) is 0 Å². The van der Waals surface area contributed by atoms with Gasteiger partial charge in [0.15, 0.2) is 5.65 Å². The summed E-state index contributed by atoms with van der Waals surface area (Å²) in [5, 5.41) is 4.85. The Morgan fingerprint density at radius 3 is 2.79 bits per heavy atom. The van der Waals surface area contributed by atoms with Crippen molar-refractivity contribution < 1.29 is 9.53 Å². The van der Waals surface area contributed by atoms with Crippen LogP contribution >= 0.6 is 0 Å². The Bertz CT molecular complexity index is 1030. The fourth-order valence-electron chi connectivity index (χ4n) is 3.88. The number of hydrogen-bond acceptors (Lipinski definition) is 4. The standard InChI is InChI=1S/C23H28N4O2/c1-16-7-5-8-17(13-16)19-14-21-24-11-10-20(27(21)25-19)18-9-6-12-26(15-18)22(28)29-23(2,3)4/h5,7-8,10-11,13-14,18H,6,9,12,15H2,1-4H3. The van der Waals surface area contributed by atoms with Crippen LogP contribution in [0.3, 0.4) is 0 Å². The molecule has 1 atom stereocenters. The average Bonchev–Trinajstić information content (AvgIpc) is 3.11. The molecule has 1 aromatic carbocycles. The molecule has 1 amide bonds. The number of nitrogens with zero attached hydrogens (tertiary/aromatic N) is 4. The highest BCUT2D eigenvalue weighted by Crippen LogP contribution is 2.29. The second-order valence-electron chi connectivity index (χ2n) is 8.80. The summed E-state index contributed by atoms with van der Waals surface area (Å²) >= 11 is 0. The molecule has 3 aromatic rings. The summed E-state index contributed by atoms with van der Waals surface area (Å²) in [6.07, 6.45) is 3.55. The third-order valence-corrected chi connectivity index (χ3v) is 5.19. The second-order valence-corrected chi connectivity index (χ2v) is 8.80. The smallest absolute Gasteiger partial charge is 0.410 e. The molecule has 6 heteroatoms. The summed E-state index contributed by atoms with van der Waals surface area (Å²) in [7, 11) is 0. The Balaban J connectivity index is 1.63. The van der Waals surface area contributed by atoms with E-state index in [9.17, 15) is 4.79 Å². The zero-order chi connectivity index (χ0) is 20.6. The van der Waals surface area contributed by atoms with E-state index in [-0.39, 0.29) is 12.0 Å². The van der Waals surface area contributed by atoms with E-state index in [0.29, 0.717) is 6.54 Å². The Kier molecular flexibility index (Phi) is 5.03. The van der Waals surface area contributed by atoms with Gasteiger partial charge in [0.25, 0.3) is 0 Å². The fourth-order valence-corrected chi connectivity index (χ4v) is 3.88. The van der Waals surface area contributed by atoms with Gasteiger partial charge in [-0.15, -0.1) is 0 Å². The molecular weight excluding hydrogens is 364 g/mol. The Morgan fingerprint density at radius 2 is 2.03 bits per heavy atom. The first-order valence-electron chi connectivity index (χ1n) is 10.2. The van der Waals surface area contributed by atoms with Gasteiger partial charge >= 0.3 is 6.09 Å². The lowest BCUT2D eigenvalue weighted by molar-refractivity contribution is 0.0196. The third kappa shape index (κ3) is 4.26. The maximum atomic E-state index is 12.5. The summed E-state index contributed by atoms with van der Waals surface area (Å²) in [6.45, 7) is 9.14. The van der Waals surface area contributed by atoms with E-state index in [1.165, 1.54) is 5.56 Å². The minimum atomic E-state index is -0.487. The van der Waals surface area contributed by atoms with Crippen LogP contribution in [0.2, 0.25) is 0 Å². The molecule has 0 bridgehead atoms. The molecule has 0 spiro atoms. The van der Waals surface area contributed by atoms with Crippen molar-refractivity contribution in [2.24, 2.45) is 0 Å². The lowest BCUT2D eigenvalue weighted by Gasteiger charge is -2.34. The Hall–Kier alpha value is -2.89. The lowest BCUT2D eigenvalue weighted by atomic mass is 9.95. The van der Waals surface area contributed by atoms with Crippen LogP contribution in [0.25, 0.3) is 16.9 Å². The molecule has 0 saturated carbocycles. The molecule has 0 N–H and O–H groups in total. The van der Waals surface area contributed by atoms with Crippen LogP contribution in [-0.4, -0.2) is 44.3 Å². The molecule has 2 aromatic heterocycles. The first-order valence-corrected chi connectivity index (χ1v) is 10.2. The molecular formula is C23H28N4O2. The Labute approximate surface area is 171 Å². The molecule has 0 aliphatic carbocycles. The highest BCUT2D eigenvalue weighted by Gasteiger charge is 2.29.